The van der Waals surface area contributed by atoms with Crippen LogP contribution in [0, 0.1) is 5.92 Å². The summed E-state index contributed by atoms with van der Waals surface area (Å²) >= 11 is 0. The first-order chi connectivity index (χ1) is 6.72. The molecule has 3 heteroatoms. The molecule has 0 amide bonds. The Balaban J connectivity index is 2.10. The summed E-state index contributed by atoms with van der Waals surface area (Å²) in [4.78, 5) is 0. The molecule has 0 aromatic carbocycles. The van der Waals surface area contributed by atoms with Crippen LogP contribution < -0.4 is 11.1 Å². The molecule has 1 rings (SSSR count). The van der Waals surface area contributed by atoms with Gasteiger partial charge in [-0.2, -0.15) is 0 Å². The van der Waals surface area contributed by atoms with E-state index in [-0.39, 0.29) is 0 Å². The van der Waals surface area contributed by atoms with Gasteiger partial charge in [0.05, 0.1) is 0 Å². The van der Waals surface area contributed by atoms with Gasteiger partial charge in [0.2, 0.25) is 0 Å². The number of aliphatic hydroxyl groups is 1. The summed E-state index contributed by atoms with van der Waals surface area (Å²) in [5.41, 5.74) is 5.91. The van der Waals surface area contributed by atoms with E-state index in [1.54, 1.807) is 0 Å². The van der Waals surface area contributed by atoms with Crippen molar-refractivity contribution in [2.75, 3.05) is 13.2 Å². The number of aliphatic hydroxyl groups excluding tert-OH is 1. The maximum absolute atomic E-state index is 8.77. The lowest BCUT2D eigenvalue weighted by molar-refractivity contribution is 0.251. The van der Waals surface area contributed by atoms with Gasteiger partial charge >= 0.3 is 0 Å². The molecule has 0 aliphatic heterocycles. The van der Waals surface area contributed by atoms with Gasteiger partial charge in [-0.1, -0.05) is 13.3 Å². The monoisotopic (exact) mass is 200 g/mol. The molecule has 84 valence electrons. The zero-order valence-corrected chi connectivity index (χ0v) is 9.21. The van der Waals surface area contributed by atoms with Gasteiger partial charge in [-0.05, 0) is 38.1 Å². The zero-order valence-electron chi connectivity index (χ0n) is 9.21. The molecule has 3 nitrogen and oxygen atoms in total. The van der Waals surface area contributed by atoms with Crippen LogP contribution >= 0.6 is 0 Å². The molecule has 1 saturated carbocycles. The summed E-state index contributed by atoms with van der Waals surface area (Å²) in [6, 6.07) is 1.01. The molecule has 1 aliphatic carbocycles. The molecule has 4 N–H and O–H groups in total. The quantitative estimate of drug-likeness (QED) is 0.617. The van der Waals surface area contributed by atoms with Crippen LogP contribution in [0.5, 0.6) is 0 Å². The van der Waals surface area contributed by atoms with Crippen LogP contribution in [0.25, 0.3) is 0 Å². The largest absolute Gasteiger partial charge is 0.396 e. The third-order valence-corrected chi connectivity index (χ3v) is 3.09. The van der Waals surface area contributed by atoms with Crippen molar-refractivity contribution in [1.82, 2.24) is 5.32 Å². The lowest BCUT2D eigenvalue weighted by Crippen LogP contribution is -2.41. The maximum Gasteiger partial charge on any atom is 0.0434 e. The second kappa shape index (κ2) is 6.38. The Morgan fingerprint density at radius 3 is 2.93 bits per heavy atom. The van der Waals surface area contributed by atoms with Gasteiger partial charge in [0.1, 0.15) is 0 Å². The highest BCUT2D eigenvalue weighted by molar-refractivity contribution is 4.80. The van der Waals surface area contributed by atoms with Gasteiger partial charge in [-0.25, -0.2) is 0 Å². The molecule has 0 heterocycles. The average Bonchev–Trinajstić information content (AvgIpc) is 2.15. The van der Waals surface area contributed by atoms with E-state index in [2.05, 4.69) is 12.2 Å². The van der Waals surface area contributed by atoms with Gasteiger partial charge in [-0.3, -0.25) is 0 Å². The molecular weight excluding hydrogens is 176 g/mol. The molecule has 3 atom stereocenters. The summed E-state index contributed by atoms with van der Waals surface area (Å²) in [7, 11) is 0. The van der Waals surface area contributed by atoms with Gasteiger partial charge in [0.25, 0.3) is 0 Å². The first-order valence-electron chi connectivity index (χ1n) is 5.82. The molecule has 0 radical (unpaired) electrons. The Morgan fingerprint density at radius 1 is 1.50 bits per heavy atom. The van der Waals surface area contributed by atoms with E-state index in [0.29, 0.717) is 24.6 Å². The molecule has 1 fully saturated rings. The van der Waals surface area contributed by atoms with Crippen LogP contribution in [-0.2, 0) is 0 Å². The molecule has 0 aromatic rings. The molecule has 1 aliphatic rings. The Bertz CT molecular complexity index is 152. The first-order valence-corrected chi connectivity index (χ1v) is 5.82. The number of rotatable bonds is 5. The van der Waals surface area contributed by atoms with E-state index in [4.69, 9.17) is 10.8 Å². The minimum Gasteiger partial charge on any atom is -0.396 e. The summed E-state index contributed by atoms with van der Waals surface area (Å²) in [6.07, 6.45) is 5.72. The van der Waals surface area contributed by atoms with Crippen LogP contribution in [0.3, 0.4) is 0 Å². The van der Waals surface area contributed by atoms with Crippen LogP contribution in [0.1, 0.15) is 39.0 Å². The Hall–Kier alpha value is -0.120. The van der Waals surface area contributed by atoms with Crippen molar-refractivity contribution >= 4 is 0 Å². The van der Waals surface area contributed by atoms with Crippen molar-refractivity contribution in [3.8, 4) is 0 Å². The van der Waals surface area contributed by atoms with Crippen LogP contribution in [-0.4, -0.2) is 30.3 Å². The van der Waals surface area contributed by atoms with Crippen LogP contribution in [0.15, 0.2) is 0 Å². The molecular formula is C11H24N2O. The standard InChI is InChI=1S/C11H24N2O/c1-9(5-6-14)8-13-11-4-2-3-10(12)7-11/h9-11,13-14H,2-8,12H2,1H3. The van der Waals surface area contributed by atoms with E-state index in [0.717, 1.165) is 19.4 Å². The number of hydrogen-bond donors (Lipinski definition) is 3. The Labute approximate surface area is 87.1 Å². The average molecular weight is 200 g/mol. The fourth-order valence-electron chi connectivity index (χ4n) is 2.10. The smallest absolute Gasteiger partial charge is 0.0434 e. The van der Waals surface area contributed by atoms with Crippen molar-refractivity contribution in [2.24, 2.45) is 11.7 Å². The highest BCUT2D eigenvalue weighted by atomic mass is 16.3. The molecule has 0 bridgehead atoms. The van der Waals surface area contributed by atoms with Gasteiger partial charge in [0.15, 0.2) is 0 Å². The summed E-state index contributed by atoms with van der Waals surface area (Å²) < 4.78 is 0. The van der Waals surface area contributed by atoms with Crippen molar-refractivity contribution in [3.63, 3.8) is 0 Å². The fraction of sp³-hybridized carbons (Fsp3) is 1.00. The predicted molar refractivity (Wildman–Crippen MR) is 59.1 cm³/mol. The van der Waals surface area contributed by atoms with Crippen LogP contribution in [0.4, 0.5) is 0 Å². The van der Waals surface area contributed by atoms with E-state index >= 15 is 0 Å². The lowest BCUT2D eigenvalue weighted by Gasteiger charge is -2.28. The first kappa shape index (κ1) is 12.0. The second-order valence-corrected chi connectivity index (χ2v) is 4.65. The van der Waals surface area contributed by atoms with Gasteiger partial charge in [-0.15, -0.1) is 0 Å². The SMILES string of the molecule is CC(CCO)CNC1CCCC(N)C1. The Morgan fingerprint density at radius 2 is 2.29 bits per heavy atom. The van der Waals surface area contributed by atoms with E-state index in [1.165, 1.54) is 19.3 Å². The van der Waals surface area contributed by atoms with Crippen molar-refractivity contribution in [3.05, 3.63) is 0 Å². The number of nitrogens with one attached hydrogen (secondary N) is 1. The maximum atomic E-state index is 8.77. The minimum atomic E-state index is 0.299. The Kier molecular flexibility index (Phi) is 5.45. The van der Waals surface area contributed by atoms with E-state index < -0.39 is 0 Å². The second-order valence-electron chi connectivity index (χ2n) is 4.65. The summed E-state index contributed by atoms with van der Waals surface area (Å²) in [5.74, 6) is 0.568. The highest BCUT2D eigenvalue weighted by Crippen LogP contribution is 2.17. The highest BCUT2D eigenvalue weighted by Gasteiger charge is 2.18. The van der Waals surface area contributed by atoms with Crippen molar-refractivity contribution < 1.29 is 5.11 Å². The van der Waals surface area contributed by atoms with E-state index in [9.17, 15) is 0 Å². The third kappa shape index (κ3) is 4.40. The van der Waals surface area contributed by atoms with Gasteiger partial charge in [0, 0.05) is 18.7 Å². The van der Waals surface area contributed by atoms with Crippen LogP contribution in [0.2, 0.25) is 0 Å². The summed E-state index contributed by atoms with van der Waals surface area (Å²) in [5, 5.41) is 12.3. The van der Waals surface area contributed by atoms with Gasteiger partial charge < -0.3 is 16.2 Å². The molecule has 0 aromatic heterocycles. The van der Waals surface area contributed by atoms with Crippen molar-refractivity contribution in [1.29, 1.82) is 0 Å². The lowest BCUT2D eigenvalue weighted by atomic mass is 9.91. The predicted octanol–water partition coefficient (Wildman–Crippen LogP) is 0.864. The third-order valence-electron chi connectivity index (χ3n) is 3.09. The van der Waals surface area contributed by atoms with E-state index in [1.807, 2.05) is 0 Å². The molecule has 0 spiro atoms. The normalized spacial score (nSPS) is 30.2. The topological polar surface area (TPSA) is 58.3 Å². The van der Waals surface area contributed by atoms with Crippen molar-refractivity contribution in [2.45, 2.75) is 51.1 Å². The molecule has 14 heavy (non-hydrogen) atoms. The number of hydrogen-bond acceptors (Lipinski definition) is 3. The zero-order chi connectivity index (χ0) is 10.4. The minimum absolute atomic E-state index is 0.299. The number of nitrogens with two attached hydrogens (primary N) is 1. The molecule has 0 saturated heterocycles. The molecule has 3 unspecified atom stereocenters. The summed E-state index contributed by atoms with van der Waals surface area (Å²) in [6.45, 7) is 3.48. The fourth-order valence-corrected chi connectivity index (χ4v) is 2.10.